The number of carbonyl (C=O) groups excluding carboxylic acids is 2. The molecule has 2 heterocycles. The van der Waals surface area contributed by atoms with Gasteiger partial charge in [-0.25, -0.2) is 26.8 Å². The largest absolute Gasteiger partial charge is 0.351 e. The monoisotopic (exact) mass is 416 g/mol. The summed E-state index contributed by atoms with van der Waals surface area (Å²) in [5, 5.41) is 0. The standard InChI is InChI=1S/C17H22F2N4O4S/c1-28(26,27)15-9-13(18)11(8-14(15)19)10-22-6-7-23(17(22)25)12-2-4-21(5-3-12)16(20)24/h8-9,12H,2-7,10H2,1H3,(H2,20,24). The molecular weight excluding hydrogens is 394 g/mol. The minimum atomic E-state index is -3.89. The second-order valence-corrected chi connectivity index (χ2v) is 9.08. The topological polar surface area (TPSA) is 104 Å². The molecule has 2 aliphatic heterocycles. The highest BCUT2D eigenvalue weighted by Crippen LogP contribution is 2.25. The van der Waals surface area contributed by atoms with Crippen molar-refractivity contribution in [2.75, 3.05) is 32.4 Å². The molecule has 4 amide bonds. The Balaban J connectivity index is 1.68. The van der Waals surface area contributed by atoms with Gasteiger partial charge in [-0.05, 0) is 25.0 Å². The Kier molecular flexibility index (Phi) is 5.46. The number of sulfone groups is 1. The van der Waals surface area contributed by atoms with Crippen LogP contribution in [0, 0.1) is 11.6 Å². The quantitative estimate of drug-likeness (QED) is 0.795. The highest BCUT2D eigenvalue weighted by atomic mass is 32.2. The third kappa shape index (κ3) is 4.03. The van der Waals surface area contributed by atoms with Gasteiger partial charge in [0.05, 0.1) is 6.54 Å². The minimum Gasteiger partial charge on any atom is -0.351 e. The van der Waals surface area contributed by atoms with E-state index in [2.05, 4.69) is 0 Å². The molecule has 8 nitrogen and oxygen atoms in total. The molecule has 2 N–H and O–H groups in total. The second kappa shape index (κ2) is 7.53. The van der Waals surface area contributed by atoms with E-state index in [9.17, 15) is 26.8 Å². The van der Waals surface area contributed by atoms with E-state index >= 15 is 0 Å². The smallest absolute Gasteiger partial charge is 0.320 e. The lowest BCUT2D eigenvalue weighted by molar-refractivity contribution is 0.138. The first-order valence-electron chi connectivity index (χ1n) is 8.86. The molecule has 0 atom stereocenters. The number of halogens is 2. The Bertz CT molecular complexity index is 901. The number of primary amides is 1. The Morgan fingerprint density at radius 1 is 1.14 bits per heavy atom. The van der Waals surface area contributed by atoms with Gasteiger partial charge in [0.15, 0.2) is 9.84 Å². The maximum atomic E-state index is 14.3. The number of nitrogens with two attached hydrogens (primary N) is 1. The van der Waals surface area contributed by atoms with Crippen molar-refractivity contribution in [3.05, 3.63) is 29.3 Å². The van der Waals surface area contributed by atoms with E-state index in [0.717, 1.165) is 12.3 Å². The summed E-state index contributed by atoms with van der Waals surface area (Å²) < 4.78 is 51.3. The highest BCUT2D eigenvalue weighted by Gasteiger charge is 2.36. The summed E-state index contributed by atoms with van der Waals surface area (Å²) >= 11 is 0. The molecule has 0 spiro atoms. The van der Waals surface area contributed by atoms with Gasteiger partial charge in [0.1, 0.15) is 16.5 Å². The Morgan fingerprint density at radius 3 is 2.36 bits per heavy atom. The van der Waals surface area contributed by atoms with Crippen molar-refractivity contribution in [3.63, 3.8) is 0 Å². The normalized spacial score (nSPS) is 18.8. The van der Waals surface area contributed by atoms with Crippen molar-refractivity contribution in [3.8, 4) is 0 Å². The van der Waals surface area contributed by atoms with E-state index in [1.807, 2.05) is 0 Å². The van der Waals surface area contributed by atoms with Gasteiger partial charge < -0.3 is 20.4 Å². The predicted octanol–water partition coefficient (Wildman–Crippen LogP) is 1.15. The van der Waals surface area contributed by atoms with E-state index in [1.54, 1.807) is 4.90 Å². The van der Waals surface area contributed by atoms with Crippen LogP contribution in [-0.2, 0) is 16.4 Å². The number of likely N-dealkylation sites (tertiary alicyclic amines) is 1. The third-order valence-electron chi connectivity index (χ3n) is 5.21. The fourth-order valence-corrected chi connectivity index (χ4v) is 4.40. The minimum absolute atomic E-state index is 0.0395. The molecule has 0 aromatic heterocycles. The van der Waals surface area contributed by atoms with Crippen molar-refractivity contribution in [1.82, 2.24) is 14.7 Å². The molecule has 28 heavy (non-hydrogen) atoms. The van der Waals surface area contributed by atoms with Crippen LogP contribution in [0.5, 0.6) is 0 Å². The van der Waals surface area contributed by atoms with E-state index in [0.29, 0.717) is 45.1 Å². The number of amides is 4. The van der Waals surface area contributed by atoms with Gasteiger partial charge in [0.25, 0.3) is 0 Å². The van der Waals surface area contributed by atoms with Crippen molar-refractivity contribution in [2.24, 2.45) is 5.73 Å². The van der Waals surface area contributed by atoms with Crippen LogP contribution in [0.2, 0.25) is 0 Å². The molecule has 3 rings (SSSR count). The molecule has 1 aromatic carbocycles. The lowest BCUT2D eigenvalue weighted by Crippen LogP contribution is -2.49. The zero-order chi connectivity index (χ0) is 20.6. The van der Waals surface area contributed by atoms with Crippen LogP contribution in [0.1, 0.15) is 18.4 Å². The molecule has 0 unspecified atom stereocenters. The highest BCUT2D eigenvalue weighted by molar-refractivity contribution is 7.90. The maximum absolute atomic E-state index is 14.3. The first kappa shape index (κ1) is 20.3. The average Bonchev–Trinajstić information content (AvgIpc) is 2.97. The number of urea groups is 2. The average molecular weight is 416 g/mol. The van der Waals surface area contributed by atoms with E-state index in [-0.39, 0.29) is 24.2 Å². The molecular formula is C17H22F2N4O4S. The Hall–Kier alpha value is -2.43. The molecule has 11 heteroatoms. The van der Waals surface area contributed by atoms with E-state index in [4.69, 9.17) is 5.73 Å². The zero-order valence-electron chi connectivity index (χ0n) is 15.4. The van der Waals surface area contributed by atoms with Crippen molar-refractivity contribution in [1.29, 1.82) is 0 Å². The summed E-state index contributed by atoms with van der Waals surface area (Å²) in [4.78, 5) is 27.8. The van der Waals surface area contributed by atoms with Gasteiger partial charge in [0.2, 0.25) is 0 Å². The van der Waals surface area contributed by atoms with Crippen LogP contribution < -0.4 is 5.73 Å². The van der Waals surface area contributed by atoms with Crippen LogP contribution >= 0.6 is 0 Å². The fraction of sp³-hybridized carbons (Fsp3) is 0.529. The molecule has 0 saturated carbocycles. The van der Waals surface area contributed by atoms with Gasteiger partial charge in [0, 0.05) is 44.0 Å². The lowest BCUT2D eigenvalue weighted by Gasteiger charge is -2.35. The van der Waals surface area contributed by atoms with Crippen LogP contribution in [0.4, 0.5) is 18.4 Å². The number of hydrogen-bond acceptors (Lipinski definition) is 4. The number of carbonyl (C=O) groups is 2. The summed E-state index contributed by atoms with van der Waals surface area (Å²) in [6.45, 7) is 1.59. The molecule has 0 aliphatic carbocycles. The fourth-order valence-electron chi connectivity index (χ4n) is 3.67. The summed E-state index contributed by atoms with van der Waals surface area (Å²) in [7, 11) is -3.89. The molecule has 1 aromatic rings. The van der Waals surface area contributed by atoms with Crippen LogP contribution in [-0.4, -0.2) is 73.7 Å². The van der Waals surface area contributed by atoms with Crippen LogP contribution in [0.15, 0.2) is 17.0 Å². The van der Waals surface area contributed by atoms with E-state index in [1.165, 1.54) is 9.80 Å². The molecule has 2 fully saturated rings. The predicted molar refractivity (Wildman–Crippen MR) is 96.2 cm³/mol. The third-order valence-corrected chi connectivity index (χ3v) is 6.32. The number of piperidine rings is 1. The Labute approximate surface area is 161 Å². The zero-order valence-corrected chi connectivity index (χ0v) is 16.2. The lowest BCUT2D eigenvalue weighted by atomic mass is 10.0. The van der Waals surface area contributed by atoms with Crippen molar-refractivity contribution in [2.45, 2.75) is 30.3 Å². The summed E-state index contributed by atoms with van der Waals surface area (Å²) in [6, 6.07) is 0.667. The summed E-state index contributed by atoms with van der Waals surface area (Å²) in [5.41, 5.74) is 5.18. The SMILES string of the molecule is CS(=O)(=O)c1cc(F)c(CN2CCN(C3CCN(C(N)=O)CC3)C2=O)cc1F. The van der Waals surface area contributed by atoms with E-state index < -0.39 is 32.4 Å². The molecule has 2 saturated heterocycles. The van der Waals surface area contributed by atoms with Crippen LogP contribution in [0.25, 0.3) is 0 Å². The van der Waals surface area contributed by atoms with Gasteiger partial charge in [-0.2, -0.15) is 0 Å². The molecule has 0 radical (unpaired) electrons. The van der Waals surface area contributed by atoms with Crippen molar-refractivity contribution >= 4 is 21.9 Å². The number of rotatable bonds is 4. The van der Waals surface area contributed by atoms with Crippen molar-refractivity contribution < 1.29 is 26.8 Å². The summed E-state index contributed by atoms with van der Waals surface area (Å²) in [5.74, 6) is -1.91. The second-order valence-electron chi connectivity index (χ2n) is 7.10. The molecule has 2 aliphatic rings. The molecule has 0 bridgehead atoms. The summed E-state index contributed by atoms with van der Waals surface area (Å²) in [6.07, 6.45) is 2.01. The first-order chi connectivity index (χ1) is 13.1. The molecule has 154 valence electrons. The van der Waals surface area contributed by atoms with Gasteiger partial charge in [-0.3, -0.25) is 0 Å². The number of hydrogen-bond donors (Lipinski definition) is 1. The first-order valence-corrected chi connectivity index (χ1v) is 10.7. The van der Waals surface area contributed by atoms with Gasteiger partial charge in [-0.1, -0.05) is 0 Å². The maximum Gasteiger partial charge on any atom is 0.320 e. The van der Waals surface area contributed by atoms with Crippen LogP contribution in [0.3, 0.4) is 0 Å². The number of nitrogens with zero attached hydrogens (tertiary/aromatic N) is 3. The Morgan fingerprint density at radius 2 is 1.79 bits per heavy atom. The van der Waals surface area contributed by atoms with Gasteiger partial charge in [-0.15, -0.1) is 0 Å². The number of benzene rings is 1. The van der Waals surface area contributed by atoms with Gasteiger partial charge >= 0.3 is 12.1 Å².